The van der Waals surface area contributed by atoms with E-state index in [1.807, 2.05) is 0 Å². The number of halogens is 3. The Morgan fingerprint density at radius 2 is 1.85 bits per heavy atom. The average molecular weight is 367 g/mol. The van der Waals surface area contributed by atoms with Crippen molar-refractivity contribution in [3.05, 3.63) is 29.8 Å². The average Bonchev–Trinajstić information content (AvgIpc) is 3.07. The molecule has 0 unspecified atom stereocenters. The fraction of sp³-hybridized carbons (Fsp3) is 0.471. The van der Waals surface area contributed by atoms with Crippen LogP contribution in [0.2, 0.25) is 0 Å². The topological polar surface area (TPSA) is 72.0 Å². The van der Waals surface area contributed by atoms with Crippen LogP contribution >= 0.6 is 0 Å². The first-order valence-electron chi connectivity index (χ1n) is 8.54. The molecule has 1 aliphatic carbocycles. The summed E-state index contributed by atoms with van der Waals surface area (Å²) in [5.74, 6) is 0.480. The highest BCUT2D eigenvalue weighted by atomic mass is 19.4. The van der Waals surface area contributed by atoms with Gasteiger partial charge >= 0.3 is 12.2 Å². The zero-order valence-corrected chi connectivity index (χ0v) is 14.3. The second-order valence-corrected chi connectivity index (χ2v) is 6.03. The Labute approximate surface area is 149 Å². The molecule has 0 aliphatic heterocycles. The Hall–Kier alpha value is -2.58. The molecule has 140 valence electrons. The molecule has 1 saturated carbocycles. The highest BCUT2D eigenvalue weighted by molar-refractivity contribution is 5.56. The zero-order chi connectivity index (χ0) is 18.6. The second kappa shape index (κ2) is 7.76. The second-order valence-electron chi connectivity index (χ2n) is 6.03. The maximum absolute atomic E-state index is 12.9. The van der Waals surface area contributed by atoms with E-state index in [0.717, 1.165) is 37.8 Å². The van der Waals surface area contributed by atoms with Crippen LogP contribution in [-0.4, -0.2) is 27.6 Å². The van der Waals surface area contributed by atoms with Gasteiger partial charge in [0.1, 0.15) is 0 Å². The zero-order valence-electron chi connectivity index (χ0n) is 14.3. The predicted molar refractivity (Wildman–Crippen MR) is 91.6 cm³/mol. The van der Waals surface area contributed by atoms with Crippen LogP contribution in [0.25, 0.3) is 0 Å². The molecule has 9 heteroatoms. The van der Waals surface area contributed by atoms with Gasteiger partial charge in [-0.05, 0) is 38.0 Å². The lowest BCUT2D eigenvalue weighted by Gasteiger charge is -2.14. The lowest BCUT2D eigenvalue weighted by molar-refractivity contribution is -0.137. The van der Waals surface area contributed by atoms with E-state index in [2.05, 4.69) is 25.6 Å². The molecule has 0 bridgehead atoms. The number of ether oxygens (including phenoxy) is 1. The smallest absolute Gasteiger partial charge is 0.416 e. The van der Waals surface area contributed by atoms with Crippen LogP contribution in [0.15, 0.2) is 24.3 Å². The first-order chi connectivity index (χ1) is 12.4. The van der Waals surface area contributed by atoms with E-state index in [-0.39, 0.29) is 23.7 Å². The summed E-state index contributed by atoms with van der Waals surface area (Å²) in [5.41, 5.74) is -0.508. The summed E-state index contributed by atoms with van der Waals surface area (Å²) in [6, 6.07) is 5.27. The van der Waals surface area contributed by atoms with Crippen LogP contribution in [0.3, 0.4) is 0 Å². The van der Waals surface area contributed by atoms with Crippen LogP contribution in [0, 0.1) is 0 Å². The lowest BCUT2D eigenvalue weighted by atomic mass is 10.2. The van der Waals surface area contributed by atoms with Gasteiger partial charge in [0.15, 0.2) is 0 Å². The number of rotatable bonds is 6. The lowest BCUT2D eigenvalue weighted by Crippen LogP contribution is -2.18. The number of alkyl halides is 3. The quantitative estimate of drug-likeness (QED) is 0.789. The van der Waals surface area contributed by atoms with Gasteiger partial charge in [0, 0.05) is 11.7 Å². The van der Waals surface area contributed by atoms with Crippen molar-refractivity contribution in [2.24, 2.45) is 0 Å². The minimum absolute atomic E-state index is 0.123. The van der Waals surface area contributed by atoms with E-state index < -0.39 is 11.7 Å². The Bertz CT molecular complexity index is 747. The molecule has 2 N–H and O–H groups in total. The summed E-state index contributed by atoms with van der Waals surface area (Å²) in [4.78, 5) is 12.6. The molecule has 1 aromatic heterocycles. The number of hydrogen-bond donors (Lipinski definition) is 2. The SMILES string of the molecule is CCOc1nc(Nc2cccc(C(F)(F)F)c2)nc(NC2CCCC2)n1. The van der Waals surface area contributed by atoms with Gasteiger partial charge in [0.2, 0.25) is 11.9 Å². The van der Waals surface area contributed by atoms with Crippen LogP contribution in [0.4, 0.5) is 30.8 Å². The summed E-state index contributed by atoms with van der Waals surface area (Å²) < 4.78 is 43.9. The molecule has 0 spiro atoms. The van der Waals surface area contributed by atoms with Gasteiger partial charge in [-0.3, -0.25) is 0 Å². The molecule has 0 atom stereocenters. The summed E-state index contributed by atoms with van der Waals surface area (Å²) in [6.45, 7) is 2.17. The Kier molecular flexibility index (Phi) is 5.43. The molecular formula is C17H20F3N5O. The third kappa shape index (κ3) is 4.74. The van der Waals surface area contributed by atoms with Crippen LogP contribution < -0.4 is 15.4 Å². The van der Waals surface area contributed by atoms with Crippen LogP contribution in [0.5, 0.6) is 6.01 Å². The Morgan fingerprint density at radius 1 is 1.12 bits per heavy atom. The van der Waals surface area contributed by atoms with E-state index in [4.69, 9.17) is 4.74 Å². The summed E-state index contributed by atoms with van der Waals surface area (Å²) in [6.07, 6.45) is -0.0483. The van der Waals surface area contributed by atoms with Gasteiger partial charge < -0.3 is 15.4 Å². The van der Waals surface area contributed by atoms with Crippen molar-refractivity contribution >= 4 is 17.6 Å². The third-order valence-corrected chi connectivity index (χ3v) is 4.02. The number of aromatic nitrogens is 3. The first kappa shape index (κ1) is 18.2. The minimum Gasteiger partial charge on any atom is -0.464 e. The van der Waals surface area contributed by atoms with Gasteiger partial charge in [-0.25, -0.2) is 0 Å². The van der Waals surface area contributed by atoms with Crippen LogP contribution in [0.1, 0.15) is 38.2 Å². The third-order valence-electron chi connectivity index (χ3n) is 4.02. The van der Waals surface area contributed by atoms with Gasteiger partial charge in [-0.15, -0.1) is 0 Å². The van der Waals surface area contributed by atoms with E-state index in [9.17, 15) is 13.2 Å². The minimum atomic E-state index is -4.41. The van der Waals surface area contributed by atoms with Crippen molar-refractivity contribution in [3.63, 3.8) is 0 Å². The van der Waals surface area contributed by atoms with E-state index in [0.29, 0.717) is 12.6 Å². The molecular weight excluding hydrogens is 347 g/mol. The maximum Gasteiger partial charge on any atom is 0.416 e. The Morgan fingerprint density at radius 3 is 2.54 bits per heavy atom. The van der Waals surface area contributed by atoms with Gasteiger partial charge in [-0.2, -0.15) is 28.1 Å². The molecule has 1 fully saturated rings. The van der Waals surface area contributed by atoms with Crippen molar-refractivity contribution in [1.29, 1.82) is 0 Å². The summed E-state index contributed by atoms with van der Waals surface area (Å²) >= 11 is 0. The molecule has 1 aliphatic rings. The molecule has 0 radical (unpaired) electrons. The number of nitrogens with one attached hydrogen (secondary N) is 2. The number of hydrogen-bond acceptors (Lipinski definition) is 6. The fourth-order valence-electron chi connectivity index (χ4n) is 2.83. The highest BCUT2D eigenvalue weighted by Gasteiger charge is 2.30. The van der Waals surface area contributed by atoms with Crippen molar-refractivity contribution in [1.82, 2.24) is 15.0 Å². The standard InChI is InChI=1S/C17H20F3N5O/c1-2-26-16-24-14(21-12-7-3-4-8-12)23-15(25-16)22-13-9-5-6-11(10-13)17(18,19)20/h5-6,9-10,12H,2-4,7-8H2,1H3,(H2,21,22,23,24,25). The van der Waals surface area contributed by atoms with E-state index >= 15 is 0 Å². The number of benzene rings is 1. The number of nitrogens with zero attached hydrogens (tertiary/aromatic N) is 3. The molecule has 2 aromatic rings. The highest BCUT2D eigenvalue weighted by Crippen LogP contribution is 2.31. The number of anilines is 3. The van der Waals surface area contributed by atoms with Crippen molar-refractivity contribution < 1.29 is 17.9 Å². The van der Waals surface area contributed by atoms with Gasteiger partial charge in [0.25, 0.3) is 0 Å². The first-order valence-corrected chi connectivity index (χ1v) is 8.54. The van der Waals surface area contributed by atoms with Crippen molar-refractivity contribution in [2.75, 3.05) is 17.2 Å². The summed E-state index contributed by atoms with van der Waals surface area (Å²) in [5, 5.41) is 6.04. The van der Waals surface area contributed by atoms with Crippen molar-refractivity contribution in [2.45, 2.75) is 44.8 Å². The maximum atomic E-state index is 12.9. The summed E-state index contributed by atoms with van der Waals surface area (Å²) in [7, 11) is 0. The van der Waals surface area contributed by atoms with Crippen LogP contribution in [-0.2, 0) is 6.18 Å². The predicted octanol–water partition coefficient (Wildman–Crippen LogP) is 4.39. The van der Waals surface area contributed by atoms with E-state index in [1.165, 1.54) is 12.1 Å². The normalized spacial score (nSPS) is 15.1. The molecule has 3 rings (SSSR count). The fourth-order valence-corrected chi connectivity index (χ4v) is 2.83. The molecule has 0 amide bonds. The molecule has 1 aromatic carbocycles. The molecule has 6 nitrogen and oxygen atoms in total. The van der Waals surface area contributed by atoms with Gasteiger partial charge in [0.05, 0.1) is 12.2 Å². The monoisotopic (exact) mass is 367 g/mol. The molecule has 0 saturated heterocycles. The van der Waals surface area contributed by atoms with Gasteiger partial charge in [-0.1, -0.05) is 18.9 Å². The molecule has 26 heavy (non-hydrogen) atoms. The molecule has 1 heterocycles. The van der Waals surface area contributed by atoms with E-state index in [1.54, 1.807) is 6.92 Å². The largest absolute Gasteiger partial charge is 0.464 e. The van der Waals surface area contributed by atoms with Crippen molar-refractivity contribution in [3.8, 4) is 6.01 Å². The Balaban J connectivity index is 1.82.